The Kier molecular flexibility index (Phi) is 5.11. The van der Waals surface area contributed by atoms with E-state index in [4.69, 9.17) is 16.3 Å². The largest absolute Gasteiger partial charge is 0.444 e. The van der Waals surface area contributed by atoms with Crippen LogP contribution in [0.3, 0.4) is 0 Å². The molecule has 5 nitrogen and oxygen atoms in total. The van der Waals surface area contributed by atoms with E-state index >= 15 is 0 Å². The molecule has 0 bridgehead atoms. The Morgan fingerprint density at radius 1 is 1.08 bits per heavy atom. The first-order valence-electron chi connectivity index (χ1n) is 7.81. The van der Waals surface area contributed by atoms with Gasteiger partial charge < -0.3 is 9.64 Å². The lowest BCUT2D eigenvalue weighted by Crippen LogP contribution is -2.34. The molecule has 0 saturated carbocycles. The van der Waals surface area contributed by atoms with Gasteiger partial charge >= 0.3 is 5.97 Å². The molecule has 1 atom stereocenters. The molecule has 1 aliphatic heterocycles. The highest BCUT2D eigenvalue weighted by molar-refractivity contribution is 6.29. The third-order valence-corrected chi connectivity index (χ3v) is 4.16. The summed E-state index contributed by atoms with van der Waals surface area (Å²) in [5.41, 5.74) is 0.916. The standard InChI is InChI=1S/C18H17ClN2O3/c19-15-9-8-14(12-20-15)18(23)24-16(13-6-2-1-3-7-13)17(22)21-10-4-5-11-21/h1-3,6-9,12,16H,4-5,10-11H2/t16-/m0/s1. The number of hydrogen-bond donors (Lipinski definition) is 0. The first kappa shape index (κ1) is 16.5. The lowest BCUT2D eigenvalue weighted by Gasteiger charge is -2.23. The number of esters is 1. The summed E-state index contributed by atoms with van der Waals surface area (Å²) in [5.74, 6) is -0.783. The molecule has 0 spiro atoms. The lowest BCUT2D eigenvalue weighted by molar-refractivity contribution is -0.140. The molecule has 3 rings (SSSR count). The first-order valence-corrected chi connectivity index (χ1v) is 8.19. The number of nitrogens with zero attached hydrogens (tertiary/aromatic N) is 2. The Labute approximate surface area is 145 Å². The maximum atomic E-state index is 12.8. The van der Waals surface area contributed by atoms with Crippen LogP contribution in [0.25, 0.3) is 0 Å². The third-order valence-electron chi connectivity index (χ3n) is 3.93. The van der Waals surface area contributed by atoms with Crippen LogP contribution in [0.5, 0.6) is 0 Å². The summed E-state index contributed by atoms with van der Waals surface area (Å²) >= 11 is 5.73. The molecule has 0 aliphatic carbocycles. The minimum Gasteiger partial charge on any atom is -0.444 e. The summed E-state index contributed by atoms with van der Waals surface area (Å²) in [7, 11) is 0. The van der Waals surface area contributed by atoms with E-state index in [1.807, 2.05) is 18.2 Å². The van der Waals surface area contributed by atoms with Gasteiger partial charge in [-0.3, -0.25) is 4.79 Å². The molecule has 1 amide bonds. The number of likely N-dealkylation sites (tertiary alicyclic amines) is 1. The summed E-state index contributed by atoms with van der Waals surface area (Å²) in [6.07, 6.45) is 2.34. The van der Waals surface area contributed by atoms with Crippen molar-refractivity contribution in [3.63, 3.8) is 0 Å². The smallest absolute Gasteiger partial charge is 0.340 e. The van der Waals surface area contributed by atoms with Crippen molar-refractivity contribution in [2.45, 2.75) is 18.9 Å². The predicted molar refractivity (Wildman–Crippen MR) is 89.7 cm³/mol. The van der Waals surface area contributed by atoms with E-state index in [1.165, 1.54) is 18.3 Å². The second-order valence-electron chi connectivity index (χ2n) is 5.60. The molecule has 24 heavy (non-hydrogen) atoms. The summed E-state index contributed by atoms with van der Waals surface area (Å²) in [6, 6.07) is 12.1. The van der Waals surface area contributed by atoms with Gasteiger partial charge in [-0.05, 0) is 25.0 Å². The van der Waals surface area contributed by atoms with Crippen molar-refractivity contribution in [3.05, 3.63) is 64.9 Å². The number of pyridine rings is 1. The van der Waals surface area contributed by atoms with E-state index in [0.717, 1.165) is 12.8 Å². The Morgan fingerprint density at radius 2 is 1.79 bits per heavy atom. The van der Waals surface area contributed by atoms with Crippen LogP contribution in [0.4, 0.5) is 0 Å². The highest BCUT2D eigenvalue weighted by atomic mass is 35.5. The van der Waals surface area contributed by atoms with Gasteiger partial charge in [0.05, 0.1) is 5.56 Å². The molecule has 2 aromatic rings. The molecule has 1 saturated heterocycles. The van der Waals surface area contributed by atoms with Crippen molar-refractivity contribution in [1.82, 2.24) is 9.88 Å². The zero-order valence-corrected chi connectivity index (χ0v) is 13.8. The summed E-state index contributed by atoms with van der Waals surface area (Å²) in [5, 5.41) is 0.291. The molecule has 1 aromatic carbocycles. The number of rotatable bonds is 4. The van der Waals surface area contributed by atoms with Gasteiger partial charge in [0.15, 0.2) is 0 Å². The van der Waals surface area contributed by atoms with Crippen molar-refractivity contribution in [2.24, 2.45) is 0 Å². The molecule has 6 heteroatoms. The Hall–Kier alpha value is -2.40. The van der Waals surface area contributed by atoms with Gasteiger partial charge in [-0.2, -0.15) is 0 Å². The van der Waals surface area contributed by atoms with Crippen molar-refractivity contribution < 1.29 is 14.3 Å². The fraction of sp³-hybridized carbons (Fsp3) is 0.278. The number of hydrogen-bond acceptors (Lipinski definition) is 4. The SMILES string of the molecule is O=C(O[C@H](C(=O)N1CCCC1)c1ccccc1)c1ccc(Cl)nc1. The second kappa shape index (κ2) is 7.45. The monoisotopic (exact) mass is 344 g/mol. The second-order valence-corrected chi connectivity index (χ2v) is 5.99. The van der Waals surface area contributed by atoms with Crippen molar-refractivity contribution in [2.75, 3.05) is 13.1 Å². The fourth-order valence-corrected chi connectivity index (χ4v) is 2.78. The highest BCUT2D eigenvalue weighted by Crippen LogP contribution is 2.24. The zero-order chi connectivity index (χ0) is 16.9. The maximum absolute atomic E-state index is 12.8. The molecular formula is C18H17ClN2O3. The van der Waals surface area contributed by atoms with Crippen LogP contribution < -0.4 is 0 Å². The van der Waals surface area contributed by atoms with Crippen LogP contribution in [0, 0.1) is 0 Å². The number of carbonyl (C=O) groups excluding carboxylic acids is 2. The number of aromatic nitrogens is 1. The first-order chi connectivity index (χ1) is 11.6. The number of amides is 1. The van der Waals surface area contributed by atoms with Crippen LogP contribution in [-0.2, 0) is 9.53 Å². The van der Waals surface area contributed by atoms with Gasteiger partial charge in [0.25, 0.3) is 5.91 Å². The van der Waals surface area contributed by atoms with Crippen LogP contribution in [0.1, 0.15) is 34.9 Å². The molecule has 1 aromatic heterocycles. The van der Waals surface area contributed by atoms with Crippen molar-refractivity contribution in [1.29, 1.82) is 0 Å². The topological polar surface area (TPSA) is 59.5 Å². The molecule has 0 N–H and O–H groups in total. The van der Waals surface area contributed by atoms with Gasteiger partial charge in [0.2, 0.25) is 6.10 Å². The van der Waals surface area contributed by atoms with Crippen molar-refractivity contribution in [3.8, 4) is 0 Å². The Balaban J connectivity index is 1.83. The summed E-state index contributed by atoms with van der Waals surface area (Å²) < 4.78 is 5.52. The lowest BCUT2D eigenvalue weighted by atomic mass is 10.1. The third kappa shape index (κ3) is 3.74. The zero-order valence-electron chi connectivity index (χ0n) is 13.0. The molecule has 1 aliphatic rings. The van der Waals surface area contributed by atoms with Gasteiger partial charge in [-0.25, -0.2) is 9.78 Å². The number of ether oxygens (including phenoxy) is 1. The average Bonchev–Trinajstić information content (AvgIpc) is 3.15. The van der Waals surface area contributed by atoms with Crippen LogP contribution in [0.15, 0.2) is 48.7 Å². The number of carbonyl (C=O) groups is 2. The Bertz CT molecular complexity index is 713. The highest BCUT2D eigenvalue weighted by Gasteiger charge is 2.31. The van der Waals surface area contributed by atoms with Crippen LogP contribution >= 0.6 is 11.6 Å². The van der Waals surface area contributed by atoms with Crippen LogP contribution in [-0.4, -0.2) is 34.8 Å². The molecule has 0 radical (unpaired) electrons. The quantitative estimate of drug-likeness (QED) is 0.631. The van der Waals surface area contributed by atoms with E-state index in [-0.39, 0.29) is 11.5 Å². The van der Waals surface area contributed by atoms with Gasteiger partial charge in [-0.1, -0.05) is 41.9 Å². The van der Waals surface area contributed by atoms with Crippen molar-refractivity contribution >= 4 is 23.5 Å². The molecule has 1 fully saturated rings. The van der Waals surface area contributed by atoms with E-state index in [9.17, 15) is 9.59 Å². The normalized spacial score (nSPS) is 15.1. The predicted octanol–water partition coefficient (Wildman–Crippen LogP) is 3.26. The van der Waals surface area contributed by atoms with Gasteiger partial charge in [-0.15, -0.1) is 0 Å². The van der Waals surface area contributed by atoms with Gasteiger partial charge in [0.1, 0.15) is 5.15 Å². The number of benzene rings is 1. The Morgan fingerprint density at radius 3 is 2.42 bits per heavy atom. The van der Waals surface area contributed by atoms with E-state index in [2.05, 4.69) is 4.98 Å². The number of halogens is 1. The average molecular weight is 345 g/mol. The van der Waals surface area contributed by atoms with E-state index in [1.54, 1.807) is 17.0 Å². The molecule has 2 heterocycles. The van der Waals surface area contributed by atoms with Gasteiger partial charge in [0, 0.05) is 24.8 Å². The maximum Gasteiger partial charge on any atom is 0.340 e. The fourth-order valence-electron chi connectivity index (χ4n) is 2.66. The molecular weight excluding hydrogens is 328 g/mol. The van der Waals surface area contributed by atoms with E-state index < -0.39 is 12.1 Å². The summed E-state index contributed by atoms with van der Waals surface area (Å²) in [6.45, 7) is 1.39. The van der Waals surface area contributed by atoms with Crippen LogP contribution in [0.2, 0.25) is 5.15 Å². The summed E-state index contributed by atoms with van der Waals surface area (Å²) in [4.78, 5) is 30.8. The minimum atomic E-state index is -0.951. The van der Waals surface area contributed by atoms with E-state index in [0.29, 0.717) is 23.8 Å². The molecule has 0 unspecified atom stereocenters. The molecule has 124 valence electrons. The minimum absolute atomic E-state index is 0.186.